The summed E-state index contributed by atoms with van der Waals surface area (Å²) in [5.74, 6) is 0.562. The summed E-state index contributed by atoms with van der Waals surface area (Å²) in [4.78, 5) is 26.7. The maximum atomic E-state index is 12.7. The second-order valence-corrected chi connectivity index (χ2v) is 7.16. The lowest BCUT2D eigenvalue weighted by atomic mass is 10.1. The minimum absolute atomic E-state index is 0.0536. The van der Waals surface area contributed by atoms with Crippen molar-refractivity contribution in [3.63, 3.8) is 0 Å². The van der Waals surface area contributed by atoms with E-state index in [2.05, 4.69) is 20.8 Å². The van der Waals surface area contributed by atoms with Crippen LogP contribution in [0, 0.1) is 12.8 Å². The molecule has 0 unspecified atom stereocenters. The predicted molar refractivity (Wildman–Crippen MR) is 109 cm³/mol. The first kappa shape index (κ1) is 19.6. The molecule has 2 aromatic carbocycles. The van der Waals surface area contributed by atoms with Gasteiger partial charge in [0.1, 0.15) is 5.75 Å². The molecule has 1 N–H and O–H groups in total. The van der Waals surface area contributed by atoms with Crippen molar-refractivity contribution in [2.24, 2.45) is 5.92 Å². The Labute approximate surface area is 173 Å². The zero-order chi connectivity index (χ0) is 21.1. The van der Waals surface area contributed by atoms with Crippen LogP contribution in [0.4, 0.5) is 5.69 Å². The van der Waals surface area contributed by atoms with Crippen LogP contribution in [0.1, 0.15) is 17.8 Å². The molecule has 0 bridgehead atoms. The van der Waals surface area contributed by atoms with E-state index in [9.17, 15) is 9.59 Å². The summed E-state index contributed by atoms with van der Waals surface area (Å²) < 4.78 is 6.71. The average molecular weight is 406 g/mol. The number of hydrogen-bond acceptors (Lipinski definition) is 6. The molecule has 9 heteroatoms. The summed E-state index contributed by atoms with van der Waals surface area (Å²) in [6, 6.07) is 15.0. The number of nitrogens with one attached hydrogen (secondary N) is 1. The molecule has 1 atom stereocenters. The Hall–Kier alpha value is -3.75. The van der Waals surface area contributed by atoms with Crippen molar-refractivity contribution < 1.29 is 14.3 Å². The van der Waals surface area contributed by atoms with Crippen LogP contribution in [0.5, 0.6) is 5.75 Å². The molecule has 1 fully saturated rings. The third-order valence-corrected chi connectivity index (χ3v) is 5.11. The fourth-order valence-electron chi connectivity index (χ4n) is 3.41. The highest BCUT2D eigenvalue weighted by molar-refractivity contribution is 6.00. The number of amides is 2. The predicted octanol–water partition coefficient (Wildman–Crippen LogP) is 1.65. The number of carbonyl (C=O) groups is 2. The van der Waals surface area contributed by atoms with Crippen molar-refractivity contribution in [2.45, 2.75) is 19.9 Å². The molecular formula is C21H22N6O3. The van der Waals surface area contributed by atoms with Crippen molar-refractivity contribution in [2.75, 3.05) is 18.6 Å². The fraction of sp³-hybridized carbons (Fsp3) is 0.286. The summed E-state index contributed by atoms with van der Waals surface area (Å²) >= 11 is 0. The molecule has 1 aliphatic rings. The zero-order valence-electron chi connectivity index (χ0n) is 16.8. The van der Waals surface area contributed by atoms with Crippen LogP contribution in [0.3, 0.4) is 0 Å². The number of carbonyl (C=O) groups excluding carboxylic acids is 2. The van der Waals surface area contributed by atoms with Gasteiger partial charge in [-0.1, -0.05) is 17.7 Å². The van der Waals surface area contributed by atoms with Gasteiger partial charge in [0.05, 0.1) is 25.3 Å². The zero-order valence-corrected chi connectivity index (χ0v) is 16.8. The summed E-state index contributed by atoms with van der Waals surface area (Å²) in [6.45, 7) is 2.51. The largest absolute Gasteiger partial charge is 0.497 e. The van der Waals surface area contributed by atoms with E-state index in [1.165, 1.54) is 0 Å². The van der Waals surface area contributed by atoms with Crippen LogP contribution in [0.25, 0.3) is 5.69 Å². The molecule has 3 aromatic rings. The lowest BCUT2D eigenvalue weighted by Crippen LogP contribution is -2.33. The van der Waals surface area contributed by atoms with Crippen LogP contribution in [0.15, 0.2) is 48.5 Å². The van der Waals surface area contributed by atoms with Crippen molar-refractivity contribution in [3.8, 4) is 11.4 Å². The van der Waals surface area contributed by atoms with Gasteiger partial charge in [0, 0.05) is 18.7 Å². The van der Waals surface area contributed by atoms with Crippen LogP contribution in [-0.4, -0.2) is 45.7 Å². The second-order valence-electron chi connectivity index (χ2n) is 7.16. The van der Waals surface area contributed by atoms with Gasteiger partial charge in [0.2, 0.25) is 11.8 Å². The molecule has 30 heavy (non-hydrogen) atoms. The maximum absolute atomic E-state index is 12.7. The number of ether oxygens (including phenoxy) is 1. The van der Waals surface area contributed by atoms with E-state index < -0.39 is 5.92 Å². The molecule has 0 saturated carbocycles. The lowest BCUT2D eigenvalue weighted by molar-refractivity contribution is -0.126. The van der Waals surface area contributed by atoms with Gasteiger partial charge in [0.25, 0.3) is 0 Å². The number of nitrogens with zero attached hydrogens (tertiary/aromatic N) is 5. The third-order valence-electron chi connectivity index (χ3n) is 5.11. The Morgan fingerprint density at radius 2 is 1.83 bits per heavy atom. The smallest absolute Gasteiger partial charge is 0.227 e. The third kappa shape index (κ3) is 4.00. The van der Waals surface area contributed by atoms with Gasteiger partial charge in [-0.05, 0) is 53.7 Å². The highest BCUT2D eigenvalue weighted by Crippen LogP contribution is 2.25. The molecule has 1 aromatic heterocycles. The number of aryl methyl sites for hydroxylation is 1. The lowest BCUT2D eigenvalue weighted by Gasteiger charge is -2.17. The molecule has 2 heterocycles. The Kier molecular flexibility index (Phi) is 5.42. The summed E-state index contributed by atoms with van der Waals surface area (Å²) in [5, 5.41) is 14.5. The van der Waals surface area contributed by atoms with Crippen LogP contribution >= 0.6 is 0 Å². The highest BCUT2D eigenvalue weighted by Gasteiger charge is 2.35. The van der Waals surface area contributed by atoms with Crippen molar-refractivity contribution in [1.82, 2.24) is 25.5 Å². The average Bonchev–Trinajstić information content (AvgIpc) is 3.39. The Morgan fingerprint density at radius 3 is 2.53 bits per heavy atom. The number of methoxy groups -OCH3 is 1. The Morgan fingerprint density at radius 1 is 1.13 bits per heavy atom. The molecule has 0 radical (unpaired) electrons. The van der Waals surface area contributed by atoms with Gasteiger partial charge < -0.3 is 15.0 Å². The highest BCUT2D eigenvalue weighted by atomic mass is 16.5. The topological polar surface area (TPSA) is 102 Å². The Bertz CT molecular complexity index is 1050. The van der Waals surface area contributed by atoms with Gasteiger partial charge >= 0.3 is 0 Å². The molecule has 154 valence electrons. The van der Waals surface area contributed by atoms with E-state index in [4.69, 9.17) is 4.74 Å². The normalized spacial score (nSPS) is 16.0. The van der Waals surface area contributed by atoms with Crippen molar-refractivity contribution in [1.29, 1.82) is 0 Å². The first-order chi connectivity index (χ1) is 14.5. The molecule has 0 aliphatic carbocycles. The minimum atomic E-state index is -0.413. The summed E-state index contributed by atoms with van der Waals surface area (Å²) in [6.07, 6.45) is 0.184. The SMILES string of the molecule is COc1ccc(-n2nnnc2CNC(=O)[C@H]2CC(=O)N(c3ccc(C)cc3)C2)cc1. The number of hydrogen-bond donors (Lipinski definition) is 1. The van der Waals surface area contributed by atoms with Crippen molar-refractivity contribution >= 4 is 17.5 Å². The second kappa shape index (κ2) is 8.32. The molecule has 9 nitrogen and oxygen atoms in total. The van der Waals surface area contributed by atoms with Gasteiger partial charge in [-0.3, -0.25) is 9.59 Å². The first-order valence-corrected chi connectivity index (χ1v) is 9.61. The fourth-order valence-corrected chi connectivity index (χ4v) is 3.41. The molecular weight excluding hydrogens is 384 g/mol. The van der Waals surface area contributed by atoms with Gasteiger partial charge in [-0.2, -0.15) is 4.68 Å². The van der Waals surface area contributed by atoms with Gasteiger partial charge in [-0.25, -0.2) is 0 Å². The minimum Gasteiger partial charge on any atom is -0.497 e. The number of rotatable bonds is 6. The molecule has 4 rings (SSSR count). The van der Waals surface area contributed by atoms with Crippen LogP contribution < -0.4 is 15.0 Å². The van der Waals surface area contributed by atoms with Crippen LogP contribution in [-0.2, 0) is 16.1 Å². The van der Waals surface area contributed by atoms with E-state index in [0.29, 0.717) is 12.4 Å². The standard InChI is InChI=1S/C21H22N6O3/c1-14-3-5-16(6-4-14)26-13-15(11-20(26)28)21(29)22-12-19-23-24-25-27(19)17-7-9-18(30-2)10-8-17/h3-10,15H,11-13H2,1-2H3,(H,22,29)/t15-/m0/s1. The number of aromatic nitrogens is 4. The Balaban J connectivity index is 1.39. The van der Waals surface area contributed by atoms with Crippen molar-refractivity contribution in [3.05, 3.63) is 59.9 Å². The van der Waals surface area contributed by atoms with E-state index >= 15 is 0 Å². The number of benzene rings is 2. The van der Waals surface area contributed by atoms with Crippen LogP contribution in [0.2, 0.25) is 0 Å². The van der Waals surface area contributed by atoms with E-state index in [-0.39, 0.29) is 24.8 Å². The molecule has 1 saturated heterocycles. The molecule has 0 spiro atoms. The quantitative estimate of drug-likeness (QED) is 0.668. The van der Waals surface area contributed by atoms with E-state index in [1.807, 2.05) is 55.5 Å². The first-order valence-electron chi connectivity index (χ1n) is 9.61. The van der Waals surface area contributed by atoms with Gasteiger partial charge in [-0.15, -0.1) is 5.10 Å². The monoisotopic (exact) mass is 406 g/mol. The maximum Gasteiger partial charge on any atom is 0.227 e. The molecule has 2 amide bonds. The van der Waals surface area contributed by atoms with Gasteiger partial charge in [0.15, 0.2) is 5.82 Å². The number of tetrazole rings is 1. The summed E-state index contributed by atoms with van der Waals surface area (Å²) in [7, 11) is 1.60. The van der Waals surface area contributed by atoms with E-state index in [0.717, 1.165) is 22.7 Å². The van der Waals surface area contributed by atoms with E-state index in [1.54, 1.807) is 16.7 Å². The molecule has 1 aliphatic heterocycles. The summed E-state index contributed by atoms with van der Waals surface area (Å²) in [5.41, 5.74) is 2.69. The number of anilines is 1.